The van der Waals surface area contributed by atoms with Crippen molar-refractivity contribution in [3.63, 3.8) is 0 Å². The number of benzene rings is 2. The molecule has 0 radical (unpaired) electrons. The first-order chi connectivity index (χ1) is 9.90. The summed E-state index contributed by atoms with van der Waals surface area (Å²) in [5.41, 5.74) is -0.442. The molecule has 0 unspecified atom stereocenters. The molecule has 0 spiro atoms. The third kappa shape index (κ3) is 3.40. The highest BCUT2D eigenvalue weighted by atomic mass is 35.5. The second-order valence-electron chi connectivity index (χ2n) is 4.11. The van der Waals surface area contributed by atoms with E-state index in [1.165, 1.54) is 12.1 Å². The van der Waals surface area contributed by atoms with Crippen LogP contribution >= 0.6 is 23.2 Å². The van der Waals surface area contributed by atoms with Gasteiger partial charge in [-0.05, 0) is 23.8 Å². The second kappa shape index (κ2) is 6.24. The van der Waals surface area contributed by atoms with E-state index in [0.717, 1.165) is 6.07 Å². The minimum absolute atomic E-state index is 0.0259. The molecule has 110 valence electrons. The first-order valence-electron chi connectivity index (χ1n) is 5.70. The Morgan fingerprint density at radius 2 is 1.86 bits per heavy atom. The molecule has 0 aliphatic carbocycles. The average Bonchev–Trinajstić information content (AvgIpc) is 2.43. The van der Waals surface area contributed by atoms with E-state index >= 15 is 0 Å². The van der Waals surface area contributed by atoms with E-state index < -0.39 is 27.9 Å². The Labute approximate surface area is 128 Å². The second-order valence-corrected chi connectivity index (χ2v) is 4.93. The molecule has 2 rings (SSSR count). The van der Waals surface area contributed by atoms with Crippen LogP contribution in [0.5, 0.6) is 0 Å². The Hall–Kier alpha value is -1.92. The van der Waals surface area contributed by atoms with E-state index in [1.54, 1.807) is 6.07 Å². The molecular formula is C13H8Cl2F2N2O2. The van der Waals surface area contributed by atoms with Crippen LogP contribution in [0.15, 0.2) is 30.3 Å². The number of nitrogens with one attached hydrogen (secondary N) is 1. The van der Waals surface area contributed by atoms with Gasteiger partial charge < -0.3 is 5.32 Å². The first kappa shape index (κ1) is 15.5. The Bertz CT molecular complexity index is 711. The fourth-order valence-electron chi connectivity index (χ4n) is 1.70. The SMILES string of the molecule is O=[N+]([O-])c1ccc(F)c(F)c1NCc1ccc(Cl)c(Cl)c1. The predicted octanol–water partition coefficient (Wildman–Crippen LogP) is 4.79. The lowest BCUT2D eigenvalue weighted by molar-refractivity contribution is -0.384. The summed E-state index contributed by atoms with van der Waals surface area (Å²) in [6, 6.07) is 6.29. The van der Waals surface area contributed by atoms with Gasteiger partial charge in [-0.25, -0.2) is 8.78 Å². The number of nitro benzene ring substituents is 1. The molecule has 0 bridgehead atoms. The van der Waals surface area contributed by atoms with E-state index in [-0.39, 0.29) is 6.54 Å². The number of nitro groups is 1. The molecule has 8 heteroatoms. The normalized spacial score (nSPS) is 10.5. The van der Waals surface area contributed by atoms with Gasteiger partial charge in [0.05, 0.1) is 15.0 Å². The monoisotopic (exact) mass is 332 g/mol. The number of hydrogen-bond acceptors (Lipinski definition) is 3. The topological polar surface area (TPSA) is 55.2 Å². The van der Waals surface area contributed by atoms with Crippen molar-refractivity contribution in [2.45, 2.75) is 6.54 Å². The van der Waals surface area contributed by atoms with Crippen molar-refractivity contribution in [3.8, 4) is 0 Å². The van der Waals surface area contributed by atoms with Crippen LogP contribution in [0.3, 0.4) is 0 Å². The van der Waals surface area contributed by atoms with Gasteiger partial charge in [0.1, 0.15) is 0 Å². The molecule has 0 aromatic heterocycles. The van der Waals surface area contributed by atoms with E-state index in [1.807, 2.05) is 0 Å². The van der Waals surface area contributed by atoms with Gasteiger partial charge in [0.25, 0.3) is 5.69 Å². The van der Waals surface area contributed by atoms with Gasteiger partial charge in [-0.1, -0.05) is 29.3 Å². The Kier molecular flexibility index (Phi) is 4.59. The lowest BCUT2D eigenvalue weighted by Gasteiger charge is -2.09. The zero-order valence-corrected chi connectivity index (χ0v) is 11.9. The van der Waals surface area contributed by atoms with Crippen molar-refractivity contribution < 1.29 is 13.7 Å². The molecule has 2 aromatic carbocycles. The van der Waals surface area contributed by atoms with Crippen LogP contribution < -0.4 is 5.32 Å². The van der Waals surface area contributed by atoms with Crippen molar-refractivity contribution in [1.82, 2.24) is 0 Å². The molecule has 2 aromatic rings. The van der Waals surface area contributed by atoms with E-state index in [4.69, 9.17) is 23.2 Å². The molecule has 0 fully saturated rings. The summed E-state index contributed by atoms with van der Waals surface area (Å²) in [4.78, 5) is 10.0. The number of hydrogen-bond donors (Lipinski definition) is 1. The Morgan fingerprint density at radius 3 is 2.48 bits per heavy atom. The lowest BCUT2D eigenvalue weighted by atomic mass is 10.2. The highest BCUT2D eigenvalue weighted by molar-refractivity contribution is 6.42. The molecule has 21 heavy (non-hydrogen) atoms. The summed E-state index contributed by atoms with van der Waals surface area (Å²) in [5.74, 6) is -2.47. The van der Waals surface area contributed by atoms with Crippen LogP contribution in [0.1, 0.15) is 5.56 Å². The van der Waals surface area contributed by atoms with Crippen LogP contribution in [0.2, 0.25) is 10.0 Å². The number of anilines is 1. The number of nitrogens with zero attached hydrogens (tertiary/aromatic N) is 1. The molecule has 4 nitrogen and oxygen atoms in total. The fourth-order valence-corrected chi connectivity index (χ4v) is 2.02. The van der Waals surface area contributed by atoms with Gasteiger partial charge in [-0.15, -0.1) is 0 Å². The minimum Gasteiger partial charge on any atom is -0.373 e. The van der Waals surface area contributed by atoms with Gasteiger partial charge in [0, 0.05) is 12.6 Å². The zero-order chi connectivity index (χ0) is 15.6. The van der Waals surface area contributed by atoms with Crippen molar-refractivity contribution >= 4 is 34.6 Å². The maximum Gasteiger partial charge on any atom is 0.295 e. The van der Waals surface area contributed by atoms with Crippen LogP contribution in [0.4, 0.5) is 20.2 Å². The van der Waals surface area contributed by atoms with Crippen molar-refractivity contribution in [2.75, 3.05) is 5.32 Å². The molecule has 0 aliphatic heterocycles. The summed E-state index contributed by atoms with van der Waals surface area (Å²) < 4.78 is 26.9. The van der Waals surface area contributed by atoms with Gasteiger partial charge in [0.15, 0.2) is 17.3 Å². The Morgan fingerprint density at radius 1 is 1.14 bits per heavy atom. The van der Waals surface area contributed by atoms with Crippen molar-refractivity contribution in [1.29, 1.82) is 0 Å². The van der Waals surface area contributed by atoms with Crippen LogP contribution in [0.25, 0.3) is 0 Å². The van der Waals surface area contributed by atoms with Crippen LogP contribution in [-0.4, -0.2) is 4.92 Å². The molecule has 0 saturated carbocycles. The van der Waals surface area contributed by atoms with E-state index in [2.05, 4.69) is 5.32 Å². The highest BCUT2D eigenvalue weighted by Crippen LogP contribution is 2.30. The van der Waals surface area contributed by atoms with E-state index in [9.17, 15) is 18.9 Å². The summed E-state index contributed by atoms with van der Waals surface area (Å²) in [6.45, 7) is 0.0259. The molecule has 0 atom stereocenters. The van der Waals surface area contributed by atoms with Crippen molar-refractivity contribution in [3.05, 3.63) is 67.7 Å². The minimum atomic E-state index is -1.30. The zero-order valence-electron chi connectivity index (χ0n) is 10.4. The predicted molar refractivity (Wildman–Crippen MR) is 76.8 cm³/mol. The first-order valence-corrected chi connectivity index (χ1v) is 6.46. The molecule has 1 N–H and O–H groups in total. The highest BCUT2D eigenvalue weighted by Gasteiger charge is 2.21. The maximum absolute atomic E-state index is 13.7. The largest absolute Gasteiger partial charge is 0.373 e. The fraction of sp³-hybridized carbons (Fsp3) is 0.0769. The molecule has 0 amide bonds. The molecular weight excluding hydrogens is 325 g/mol. The average molecular weight is 333 g/mol. The lowest BCUT2D eigenvalue weighted by Crippen LogP contribution is -2.06. The summed E-state index contributed by atoms with van der Waals surface area (Å²) in [7, 11) is 0. The van der Waals surface area contributed by atoms with Crippen LogP contribution in [-0.2, 0) is 6.54 Å². The number of rotatable bonds is 4. The third-order valence-electron chi connectivity index (χ3n) is 2.72. The third-order valence-corrected chi connectivity index (χ3v) is 3.46. The van der Waals surface area contributed by atoms with E-state index in [0.29, 0.717) is 21.7 Å². The van der Waals surface area contributed by atoms with Gasteiger partial charge in [-0.2, -0.15) is 0 Å². The standard InChI is InChI=1S/C13H8Cl2F2N2O2/c14-8-2-1-7(5-9(8)15)6-18-13-11(19(20)21)4-3-10(16)12(13)17/h1-5,18H,6H2. The smallest absolute Gasteiger partial charge is 0.295 e. The van der Waals surface area contributed by atoms with Crippen molar-refractivity contribution in [2.24, 2.45) is 0 Å². The summed E-state index contributed by atoms with van der Waals surface area (Å²) >= 11 is 11.6. The van der Waals surface area contributed by atoms with Gasteiger partial charge in [0.2, 0.25) is 0 Å². The van der Waals surface area contributed by atoms with Gasteiger partial charge >= 0.3 is 0 Å². The maximum atomic E-state index is 13.7. The summed E-state index contributed by atoms with van der Waals surface area (Å²) in [5, 5.41) is 14.0. The van der Waals surface area contributed by atoms with Gasteiger partial charge in [-0.3, -0.25) is 10.1 Å². The van der Waals surface area contributed by atoms with Crippen LogP contribution in [0, 0.1) is 21.7 Å². The molecule has 0 aliphatic rings. The molecule has 0 heterocycles. The summed E-state index contributed by atoms with van der Waals surface area (Å²) in [6.07, 6.45) is 0. The quantitative estimate of drug-likeness (QED) is 0.646. The number of halogens is 4. The Balaban J connectivity index is 2.28. The molecule has 0 saturated heterocycles.